The lowest BCUT2D eigenvalue weighted by Gasteiger charge is -2.28. The summed E-state index contributed by atoms with van der Waals surface area (Å²) in [5.41, 5.74) is 2.08. The minimum absolute atomic E-state index is 0.0436. The lowest BCUT2D eigenvalue weighted by molar-refractivity contribution is -0.129. The molecule has 1 saturated heterocycles. The first-order valence-electron chi connectivity index (χ1n) is 10.5. The number of unbranched alkanes of at least 4 members (excludes halogenated alkanes) is 1. The number of carbonyl (C=O) groups excluding carboxylic acids is 2. The van der Waals surface area contributed by atoms with Gasteiger partial charge in [-0.05, 0) is 48.2 Å². The zero-order chi connectivity index (χ0) is 21.5. The number of benzene rings is 2. The number of nitrogens with zero attached hydrogens (tertiary/aromatic N) is 1. The number of rotatable bonds is 9. The average molecular weight is 429 g/mol. The fraction of sp³-hybridized carbons (Fsp3) is 0.417. The maximum absolute atomic E-state index is 13.0. The SMILES string of the molecule is CCCCN1C(=O)CC(C(=O)NCCc2ccc(Cl)cc2)C1c1ccc(OC)cc1. The van der Waals surface area contributed by atoms with Crippen molar-refractivity contribution in [3.8, 4) is 5.75 Å². The summed E-state index contributed by atoms with van der Waals surface area (Å²) in [6, 6.07) is 15.0. The van der Waals surface area contributed by atoms with Crippen molar-refractivity contribution in [3.05, 3.63) is 64.7 Å². The predicted molar refractivity (Wildman–Crippen MR) is 119 cm³/mol. The van der Waals surface area contributed by atoms with E-state index in [4.69, 9.17) is 16.3 Å². The van der Waals surface area contributed by atoms with Crippen LogP contribution in [0.2, 0.25) is 5.02 Å². The van der Waals surface area contributed by atoms with Crippen molar-refractivity contribution in [2.24, 2.45) is 5.92 Å². The highest BCUT2D eigenvalue weighted by Gasteiger charge is 2.43. The number of methoxy groups -OCH3 is 1. The summed E-state index contributed by atoms with van der Waals surface area (Å²) in [4.78, 5) is 27.6. The number of hydrogen-bond acceptors (Lipinski definition) is 3. The zero-order valence-electron chi connectivity index (χ0n) is 17.6. The molecule has 1 N–H and O–H groups in total. The van der Waals surface area contributed by atoms with Crippen molar-refractivity contribution < 1.29 is 14.3 Å². The van der Waals surface area contributed by atoms with Crippen LogP contribution in [-0.4, -0.2) is 36.9 Å². The highest BCUT2D eigenvalue weighted by atomic mass is 35.5. The van der Waals surface area contributed by atoms with Gasteiger partial charge in [0.05, 0.1) is 19.1 Å². The number of amides is 2. The lowest BCUT2D eigenvalue weighted by atomic mass is 9.92. The molecule has 0 bridgehead atoms. The van der Waals surface area contributed by atoms with Gasteiger partial charge in [0.2, 0.25) is 11.8 Å². The standard InChI is InChI=1S/C24H29ClN2O3/c1-3-4-15-27-22(28)16-21(23(27)18-7-11-20(30-2)12-8-18)24(29)26-14-13-17-5-9-19(25)10-6-17/h5-12,21,23H,3-4,13-16H2,1-2H3,(H,26,29). The number of hydrogen-bond donors (Lipinski definition) is 1. The minimum Gasteiger partial charge on any atom is -0.497 e. The van der Waals surface area contributed by atoms with E-state index in [0.717, 1.165) is 36.1 Å². The van der Waals surface area contributed by atoms with E-state index < -0.39 is 5.92 Å². The maximum Gasteiger partial charge on any atom is 0.226 e. The summed E-state index contributed by atoms with van der Waals surface area (Å²) >= 11 is 5.92. The van der Waals surface area contributed by atoms with Crippen molar-refractivity contribution in [1.29, 1.82) is 0 Å². The lowest BCUT2D eigenvalue weighted by Crippen LogP contribution is -2.36. The summed E-state index contributed by atoms with van der Waals surface area (Å²) in [6.07, 6.45) is 2.88. The molecule has 0 aromatic heterocycles. The third-order valence-corrected chi connectivity index (χ3v) is 5.86. The molecule has 0 saturated carbocycles. The summed E-state index contributed by atoms with van der Waals surface area (Å²) < 4.78 is 5.25. The summed E-state index contributed by atoms with van der Waals surface area (Å²) in [5.74, 6) is 0.333. The molecule has 2 unspecified atom stereocenters. The Morgan fingerprint density at radius 2 is 1.87 bits per heavy atom. The summed E-state index contributed by atoms with van der Waals surface area (Å²) in [7, 11) is 1.62. The largest absolute Gasteiger partial charge is 0.497 e. The molecule has 1 heterocycles. The fourth-order valence-corrected chi connectivity index (χ4v) is 4.07. The van der Waals surface area contributed by atoms with Crippen LogP contribution < -0.4 is 10.1 Å². The molecule has 2 amide bonds. The van der Waals surface area contributed by atoms with Gasteiger partial charge in [0.1, 0.15) is 5.75 Å². The minimum atomic E-state index is -0.395. The second-order valence-electron chi connectivity index (χ2n) is 7.64. The second-order valence-corrected chi connectivity index (χ2v) is 8.07. The van der Waals surface area contributed by atoms with Crippen molar-refractivity contribution in [1.82, 2.24) is 10.2 Å². The average Bonchev–Trinajstić information content (AvgIpc) is 3.09. The smallest absolute Gasteiger partial charge is 0.226 e. The van der Waals surface area contributed by atoms with Crippen LogP contribution in [0.3, 0.4) is 0 Å². The first kappa shape index (κ1) is 22.2. The third-order valence-electron chi connectivity index (χ3n) is 5.60. The molecule has 1 aliphatic rings. The molecule has 1 fully saturated rings. The Morgan fingerprint density at radius 3 is 2.50 bits per heavy atom. The maximum atomic E-state index is 13.0. The summed E-state index contributed by atoms with van der Waals surface area (Å²) in [5, 5.41) is 3.73. The van der Waals surface area contributed by atoms with Crippen molar-refractivity contribution in [2.75, 3.05) is 20.2 Å². The van der Waals surface area contributed by atoms with Crippen LogP contribution in [0.25, 0.3) is 0 Å². The molecule has 1 aliphatic heterocycles. The van der Waals surface area contributed by atoms with E-state index in [9.17, 15) is 9.59 Å². The number of carbonyl (C=O) groups is 2. The predicted octanol–water partition coefficient (Wildman–Crippen LogP) is 4.40. The fourth-order valence-electron chi connectivity index (χ4n) is 3.94. The molecule has 2 atom stereocenters. The molecule has 160 valence electrons. The number of halogens is 1. The molecule has 2 aromatic rings. The normalized spacial score (nSPS) is 18.5. The Balaban J connectivity index is 1.71. The molecule has 5 nitrogen and oxygen atoms in total. The van der Waals surface area contributed by atoms with Crippen LogP contribution in [0.1, 0.15) is 43.4 Å². The van der Waals surface area contributed by atoms with Crippen LogP contribution in [0.5, 0.6) is 5.75 Å². The molecule has 0 spiro atoms. The molecule has 0 aliphatic carbocycles. The van der Waals surface area contributed by atoms with E-state index >= 15 is 0 Å². The highest BCUT2D eigenvalue weighted by Crippen LogP contribution is 2.39. The van der Waals surface area contributed by atoms with Crippen molar-refractivity contribution in [2.45, 2.75) is 38.6 Å². The van der Waals surface area contributed by atoms with Gasteiger partial charge in [0.25, 0.3) is 0 Å². The van der Waals surface area contributed by atoms with E-state index in [0.29, 0.717) is 18.1 Å². The molecule has 30 heavy (non-hydrogen) atoms. The quantitative estimate of drug-likeness (QED) is 0.644. The van der Waals surface area contributed by atoms with Gasteiger partial charge in [0.15, 0.2) is 0 Å². The van der Waals surface area contributed by atoms with Gasteiger partial charge in [-0.2, -0.15) is 0 Å². The first-order valence-corrected chi connectivity index (χ1v) is 10.9. The monoisotopic (exact) mass is 428 g/mol. The van der Waals surface area contributed by atoms with Crippen molar-refractivity contribution in [3.63, 3.8) is 0 Å². The van der Waals surface area contributed by atoms with Crippen LogP contribution in [0.15, 0.2) is 48.5 Å². The van der Waals surface area contributed by atoms with Crippen LogP contribution in [0, 0.1) is 5.92 Å². The number of likely N-dealkylation sites (tertiary alicyclic amines) is 1. The van der Waals surface area contributed by atoms with Gasteiger partial charge in [-0.1, -0.05) is 49.2 Å². The van der Waals surface area contributed by atoms with Crippen LogP contribution in [-0.2, 0) is 16.0 Å². The van der Waals surface area contributed by atoms with Gasteiger partial charge in [-0.25, -0.2) is 0 Å². The van der Waals surface area contributed by atoms with E-state index in [1.54, 1.807) is 7.11 Å². The van der Waals surface area contributed by atoms with Crippen molar-refractivity contribution >= 4 is 23.4 Å². The zero-order valence-corrected chi connectivity index (χ0v) is 18.3. The van der Waals surface area contributed by atoms with Crippen LogP contribution >= 0.6 is 11.6 Å². The van der Waals surface area contributed by atoms with Gasteiger partial charge in [-0.15, -0.1) is 0 Å². The highest BCUT2D eigenvalue weighted by molar-refractivity contribution is 6.30. The van der Waals surface area contributed by atoms with Gasteiger partial charge in [0, 0.05) is 24.5 Å². The van der Waals surface area contributed by atoms with Crippen LogP contribution in [0.4, 0.5) is 0 Å². The number of nitrogens with one attached hydrogen (secondary N) is 1. The van der Waals surface area contributed by atoms with E-state index in [1.807, 2.05) is 53.4 Å². The molecule has 0 radical (unpaired) electrons. The van der Waals surface area contributed by atoms with E-state index in [1.165, 1.54) is 0 Å². The molecule has 6 heteroatoms. The third kappa shape index (κ3) is 5.33. The Labute approximate surface area is 183 Å². The Morgan fingerprint density at radius 1 is 1.17 bits per heavy atom. The van der Waals surface area contributed by atoms with Gasteiger partial charge < -0.3 is 15.0 Å². The molecular formula is C24H29ClN2O3. The van der Waals surface area contributed by atoms with E-state index in [-0.39, 0.29) is 24.3 Å². The van der Waals surface area contributed by atoms with Gasteiger partial charge >= 0.3 is 0 Å². The second kappa shape index (κ2) is 10.5. The molecule has 2 aromatic carbocycles. The number of ether oxygens (including phenoxy) is 1. The topological polar surface area (TPSA) is 58.6 Å². The van der Waals surface area contributed by atoms with E-state index in [2.05, 4.69) is 12.2 Å². The summed E-state index contributed by atoms with van der Waals surface area (Å²) in [6.45, 7) is 3.29. The Bertz CT molecular complexity index is 852. The Hall–Kier alpha value is -2.53. The first-order chi connectivity index (χ1) is 14.5. The molecular weight excluding hydrogens is 400 g/mol. The van der Waals surface area contributed by atoms with Gasteiger partial charge in [-0.3, -0.25) is 9.59 Å². The Kier molecular flexibility index (Phi) is 7.75. The molecule has 3 rings (SSSR count).